The lowest BCUT2D eigenvalue weighted by Crippen LogP contribution is -2.61. The van der Waals surface area contributed by atoms with Gasteiger partial charge >= 0.3 is 41.9 Å². The molecule has 0 spiro atoms. The van der Waals surface area contributed by atoms with Crippen LogP contribution in [0.3, 0.4) is 0 Å². The second-order valence-corrected chi connectivity index (χ2v) is 33.5. The number of benzene rings is 2. The molecule has 2 aliphatic heterocycles. The van der Waals surface area contributed by atoms with Crippen molar-refractivity contribution in [3.63, 3.8) is 0 Å². The van der Waals surface area contributed by atoms with Gasteiger partial charge in [-0.05, 0) is 101 Å². The number of rotatable bonds is 39. The van der Waals surface area contributed by atoms with Crippen LogP contribution in [0.25, 0.3) is 10.9 Å². The summed E-state index contributed by atoms with van der Waals surface area (Å²) in [7, 11) is 0. The number of hydrogen-bond donors (Lipinski definition) is 22. The minimum absolute atomic E-state index is 0.0105. The second kappa shape index (κ2) is 54.4. The molecule has 137 heavy (non-hydrogen) atoms. The summed E-state index contributed by atoms with van der Waals surface area (Å²) in [5.41, 5.74) is 10.7. The zero-order valence-electron chi connectivity index (χ0n) is 76.2. The normalized spacial score (nSPS) is 22.8. The number of anilines is 1. The van der Waals surface area contributed by atoms with Crippen LogP contribution >= 0.6 is 0 Å². The molecule has 0 bridgehead atoms. The van der Waals surface area contributed by atoms with Crippen LogP contribution in [0.4, 0.5) is 10.5 Å². The number of carbonyl (C=O) groups is 23. The molecule has 3 aromatic rings. The smallest absolute Gasteiger partial charge is 0.407 e. The largest absolute Gasteiger partial charge is 0.481 e. The highest BCUT2D eigenvalue weighted by Crippen LogP contribution is 2.35. The molecule has 1 unspecified atom stereocenters. The fourth-order valence-corrected chi connectivity index (χ4v) is 14.7. The number of ether oxygens (including phenoxy) is 2. The number of hydrogen-bond acceptors (Lipinski definition) is 29. The highest BCUT2D eigenvalue weighted by Gasteiger charge is 2.44. The van der Waals surface area contributed by atoms with Crippen LogP contribution in [0.15, 0.2) is 79.2 Å². The molecule has 2 aromatic carbocycles. The zero-order chi connectivity index (χ0) is 102. The number of carboxylic acids is 4. The van der Waals surface area contributed by atoms with E-state index in [-0.39, 0.29) is 82.0 Å². The number of aromatic amines is 1. The molecule has 3 aliphatic rings. The number of Topliss-reactive ketones (excluding diaryl/α,β-unsaturated/α-hetero) is 1. The number of amides is 16. The minimum Gasteiger partial charge on any atom is -0.481 e. The summed E-state index contributed by atoms with van der Waals surface area (Å²) in [6.07, 6.45) is -1.44. The number of hydroxylamine groups is 2. The van der Waals surface area contributed by atoms with Gasteiger partial charge < -0.3 is 131 Å². The van der Waals surface area contributed by atoms with Crippen molar-refractivity contribution in [1.29, 1.82) is 0 Å². The van der Waals surface area contributed by atoms with Gasteiger partial charge in [-0.1, -0.05) is 95.4 Å². The molecule has 24 N–H and O–H groups in total. The van der Waals surface area contributed by atoms with Gasteiger partial charge in [-0.15, -0.1) is 5.06 Å². The summed E-state index contributed by atoms with van der Waals surface area (Å²) >= 11 is 0. The molecule has 49 nitrogen and oxygen atoms in total. The van der Waals surface area contributed by atoms with Crippen molar-refractivity contribution >= 4 is 153 Å². The average molecular weight is 1930 g/mol. The number of carbonyl (C=O) groups excluding carboxylic acids is 19. The molecule has 16 amide bonds. The number of aliphatic hydroxyl groups excluding tert-OH is 1. The summed E-state index contributed by atoms with van der Waals surface area (Å²) in [6, 6.07) is -10.6. The number of nitrogens with two attached hydrogens (primary N) is 2. The molecule has 2 fully saturated rings. The Morgan fingerprint density at radius 2 is 1.20 bits per heavy atom. The van der Waals surface area contributed by atoms with Gasteiger partial charge in [0.05, 0.1) is 63.3 Å². The van der Waals surface area contributed by atoms with Gasteiger partial charge in [0.2, 0.25) is 76.8 Å². The number of H-pyrrole nitrogens is 1. The molecule has 3 heterocycles. The van der Waals surface area contributed by atoms with E-state index in [0.29, 0.717) is 34.4 Å². The van der Waals surface area contributed by atoms with Crippen molar-refractivity contribution < 1.29 is 150 Å². The van der Waals surface area contributed by atoms with E-state index >= 15 is 14.4 Å². The summed E-state index contributed by atoms with van der Waals surface area (Å²) in [5.74, 6) is -30.9. The van der Waals surface area contributed by atoms with E-state index < -0.39 is 290 Å². The lowest BCUT2D eigenvalue weighted by Gasteiger charge is -2.30. The zero-order valence-corrected chi connectivity index (χ0v) is 76.2. The third-order valence-electron chi connectivity index (χ3n) is 22.4. The predicted octanol–water partition coefficient (Wildman–Crippen LogP) is -2.75. The highest BCUT2D eigenvalue weighted by molar-refractivity contribution is 6.06. The fourth-order valence-electron chi connectivity index (χ4n) is 14.7. The van der Waals surface area contributed by atoms with Crippen molar-refractivity contribution in [3.05, 3.63) is 90.3 Å². The Hall–Kier alpha value is -15.0. The quantitative estimate of drug-likeness (QED) is 0.00687. The first-order valence-electron chi connectivity index (χ1n) is 44.4. The topological polar surface area (TPSA) is 761 Å². The van der Waals surface area contributed by atoms with E-state index in [0.717, 1.165) is 52.9 Å². The summed E-state index contributed by atoms with van der Waals surface area (Å²) < 4.78 is 11.4. The molecule has 1 aliphatic carbocycles. The fraction of sp³-hybridized carbons (Fsp3) is 0.534. The highest BCUT2D eigenvalue weighted by atomic mass is 16.7. The monoisotopic (exact) mass is 1920 g/mol. The number of primary amides is 1. The standard InChI is InChI=1S/C88H120N18O31/c1-7-8-9-10-11-12-13-27-65(110)98-56(35-49-41-92-55-25-17-15-22-51(49)55)79(126)101-57(37-64(90)109)80(127)102-60(40-73(121)122)81(128)105-75-48(5)135-85(132)61(36-63(108)52-23-14-16-24-53(52)89)103-84(131)74(45(2)34-70(115)116)104-82(129)62(44-107)99-67(112)42-93-77(124)58(38-71(117)118)100-76(123)47(4)96-78(125)59(39-72(119)120)95-46(3)54(97-66(111)43-94-83(75)130)26-20-33-91-87(134)136-50-21-18-19-31-88(6,32-30-50)86(133)137-106-68(113)28-29-69(106)114/h14-18,21-25,41,45,47-48,50,54,56-62,74-75,92,95,107H,3,7-13,19-20,26-40,42-44,89H2,1-2,4-6H3,(H2,90,109)(H,91,134)(H,93,124)(H,94,130)(H,96,125)(H,97,111)(H,98,110)(H,99,112)(H,100,123)(H,101,126)(H,102,127)(H,103,131)(H,104,129)(H,105,128)(H,115,116)(H,117,118)(H,119,120)(H,121,122)/b21-18+/t45?,47-,48-,50-,54+,56+,57-,58+,59+,60+,61+,62-,74+,75+,88+/m1/s1. The minimum atomic E-state index is -2.50. The molecule has 0 radical (unpaired) electrons. The molecule has 2 saturated heterocycles. The van der Waals surface area contributed by atoms with E-state index in [1.807, 2.05) is 10.6 Å². The van der Waals surface area contributed by atoms with E-state index in [1.54, 1.807) is 49.5 Å². The molecule has 748 valence electrons. The van der Waals surface area contributed by atoms with Gasteiger partial charge in [-0.25, -0.2) is 14.4 Å². The van der Waals surface area contributed by atoms with Crippen LogP contribution in [-0.2, 0) is 121 Å². The number of nitrogen functional groups attached to an aromatic ring is 1. The van der Waals surface area contributed by atoms with Crippen LogP contribution in [0.1, 0.15) is 192 Å². The summed E-state index contributed by atoms with van der Waals surface area (Å²) in [6.45, 7) is 6.35. The molecular weight excluding hydrogens is 1810 g/mol. The number of para-hydroxylation sites is 2. The van der Waals surface area contributed by atoms with Gasteiger partial charge in [0.25, 0.3) is 11.8 Å². The van der Waals surface area contributed by atoms with Crippen molar-refractivity contribution in [2.75, 3.05) is 32.0 Å². The van der Waals surface area contributed by atoms with Crippen molar-refractivity contribution in [2.45, 2.75) is 261 Å². The number of alkyl carbamates (subject to hydrolysis) is 1. The first-order valence-corrected chi connectivity index (χ1v) is 44.4. The third-order valence-corrected chi connectivity index (χ3v) is 22.4. The number of nitrogens with one attached hydrogen (secondary N) is 15. The lowest BCUT2D eigenvalue weighted by atomic mass is 9.79. The first-order chi connectivity index (χ1) is 64.8. The Kier molecular flexibility index (Phi) is 44.0. The van der Waals surface area contributed by atoms with Gasteiger partial charge in [0.15, 0.2) is 5.78 Å². The molecule has 49 heteroatoms. The maximum absolute atomic E-state index is 15.1. The van der Waals surface area contributed by atoms with E-state index in [1.165, 1.54) is 24.3 Å². The molecule has 0 saturated carbocycles. The Morgan fingerprint density at radius 1 is 0.613 bits per heavy atom. The number of aliphatic carboxylic acids is 4. The van der Waals surface area contributed by atoms with E-state index in [2.05, 4.69) is 82.3 Å². The number of unbranched alkanes of at least 4 members (excludes halogenated alkanes) is 6. The van der Waals surface area contributed by atoms with Crippen LogP contribution in [-0.4, -0.2) is 277 Å². The number of carboxylic acid groups (broad SMARTS) is 4. The van der Waals surface area contributed by atoms with Gasteiger partial charge in [-0.3, -0.25) is 95.9 Å². The van der Waals surface area contributed by atoms with Crippen LogP contribution in [0.5, 0.6) is 0 Å². The number of aliphatic hydroxyl groups is 1. The maximum Gasteiger partial charge on any atom is 0.407 e. The number of esters is 1. The van der Waals surface area contributed by atoms with E-state index in [9.17, 15) is 121 Å². The lowest BCUT2D eigenvalue weighted by molar-refractivity contribution is -0.205. The number of ketones is 1. The number of nitrogens with zero attached hydrogens (tertiary/aromatic N) is 1. The molecule has 6 rings (SSSR count). The number of fused-ring (bicyclic) bond motifs is 1. The van der Waals surface area contributed by atoms with Crippen LogP contribution in [0.2, 0.25) is 0 Å². The number of aromatic nitrogens is 1. The van der Waals surface area contributed by atoms with Crippen LogP contribution in [0, 0.1) is 11.3 Å². The average Bonchev–Trinajstić information content (AvgIpc) is 1.64. The molecule has 15 atom stereocenters. The summed E-state index contributed by atoms with van der Waals surface area (Å²) in [5, 5.41) is 83.5. The van der Waals surface area contributed by atoms with E-state index in [4.69, 9.17) is 25.8 Å². The van der Waals surface area contributed by atoms with Crippen molar-refractivity contribution in [1.82, 2.24) is 84.5 Å². The SMILES string of the molecule is C=C1N[C@@H](CC(=O)O)C(=O)N[C@H](C)C(=O)N[C@@H](CC(=O)O)C(=O)NCC(=O)N[C@H](CO)C(=O)N[C@@H](C(C)CC(=O)O)C(=O)N[C@@H](CC(=O)c2ccccc2N)C(=O)O[C@H](C)[C@H](NC(=O)[C@H](CC(=O)O)NC(=O)[C@@H](CC(N)=O)NC(=O)[C@H](Cc2c[nH]c3ccccc23)NC(=O)CCCCCCCCC)C(=O)NCC(=O)N[C@H]1CCCNC(=O)O[C@@H]1/C=C/CC[C@](C)(C(=O)ON2C(=O)CCC2=O)CC1. The predicted molar refractivity (Wildman–Crippen MR) is 477 cm³/mol. The molecular formula is C88H120N18O31. The first kappa shape index (κ1) is 111. The Bertz CT molecular complexity index is 4980. The number of allylic oxidation sites excluding steroid dienone is 1. The second-order valence-electron chi connectivity index (χ2n) is 33.5. The maximum atomic E-state index is 15.1. The Balaban J connectivity index is 1.42. The van der Waals surface area contributed by atoms with Gasteiger partial charge in [-0.2, -0.15) is 0 Å². The van der Waals surface area contributed by atoms with Crippen LogP contribution < -0.4 is 85.9 Å². The number of cyclic esters (lactones) is 1. The van der Waals surface area contributed by atoms with Gasteiger partial charge in [0.1, 0.15) is 72.6 Å². The number of imide groups is 1. The summed E-state index contributed by atoms with van der Waals surface area (Å²) in [4.78, 5) is 324. The Morgan fingerprint density at radius 3 is 1.82 bits per heavy atom. The Labute approximate surface area is 784 Å². The van der Waals surface area contributed by atoms with Crippen molar-refractivity contribution in [3.8, 4) is 0 Å². The molecule has 1 aromatic heterocycles. The van der Waals surface area contributed by atoms with Crippen molar-refractivity contribution in [2.24, 2.45) is 17.1 Å². The third kappa shape index (κ3) is 36.4. The van der Waals surface area contributed by atoms with Gasteiger partial charge in [0, 0.05) is 72.7 Å².